The number of para-hydroxylation sites is 1. The molecule has 0 bridgehead atoms. The molecular formula is C13H10Cl2FNO2S. The molecule has 0 aliphatic heterocycles. The van der Waals surface area contributed by atoms with Crippen molar-refractivity contribution >= 4 is 38.9 Å². The lowest BCUT2D eigenvalue weighted by molar-refractivity contribution is 0.598. The highest BCUT2D eigenvalue weighted by molar-refractivity contribution is 7.91. The molecular weight excluding hydrogens is 324 g/mol. The van der Waals surface area contributed by atoms with E-state index in [2.05, 4.69) is 4.72 Å². The van der Waals surface area contributed by atoms with Gasteiger partial charge in [-0.1, -0.05) is 41.4 Å². The SMILES string of the molecule is O=S(=O)(Cc1c(Cl)cccc1Cl)Nc1ccccc1F. The second-order valence-corrected chi connectivity index (χ2v) is 6.58. The van der Waals surface area contributed by atoms with Gasteiger partial charge in [0, 0.05) is 15.6 Å². The van der Waals surface area contributed by atoms with Gasteiger partial charge in [-0.15, -0.1) is 0 Å². The topological polar surface area (TPSA) is 46.2 Å². The van der Waals surface area contributed by atoms with Crippen LogP contribution in [0, 0.1) is 5.82 Å². The first-order chi connectivity index (χ1) is 9.39. The van der Waals surface area contributed by atoms with E-state index in [4.69, 9.17) is 23.2 Å². The predicted octanol–water partition coefficient (Wildman–Crippen LogP) is 4.07. The van der Waals surface area contributed by atoms with Crippen molar-refractivity contribution in [3.8, 4) is 0 Å². The highest BCUT2D eigenvalue weighted by Crippen LogP contribution is 2.27. The zero-order chi connectivity index (χ0) is 14.8. The highest BCUT2D eigenvalue weighted by atomic mass is 35.5. The molecule has 0 spiro atoms. The van der Waals surface area contributed by atoms with Gasteiger partial charge in [-0.3, -0.25) is 4.72 Å². The van der Waals surface area contributed by atoms with Gasteiger partial charge in [0.2, 0.25) is 10.0 Å². The summed E-state index contributed by atoms with van der Waals surface area (Å²) in [6, 6.07) is 10.2. The molecule has 0 unspecified atom stereocenters. The molecule has 2 aromatic carbocycles. The molecule has 2 aromatic rings. The maximum absolute atomic E-state index is 13.4. The zero-order valence-electron chi connectivity index (χ0n) is 10.1. The Balaban J connectivity index is 2.27. The summed E-state index contributed by atoms with van der Waals surface area (Å²) in [5, 5.41) is 0.493. The van der Waals surface area contributed by atoms with Gasteiger partial charge in [0.1, 0.15) is 5.82 Å². The molecule has 0 aliphatic carbocycles. The summed E-state index contributed by atoms with van der Waals surface area (Å²) < 4.78 is 39.7. The normalized spacial score (nSPS) is 11.3. The van der Waals surface area contributed by atoms with Gasteiger partial charge < -0.3 is 0 Å². The van der Waals surface area contributed by atoms with E-state index in [0.717, 1.165) is 0 Å². The summed E-state index contributed by atoms with van der Waals surface area (Å²) in [6.45, 7) is 0. The molecule has 0 saturated heterocycles. The van der Waals surface area contributed by atoms with Crippen LogP contribution in [-0.4, -0.2) is 8.42 Å². The number of hydrogen-bond acceptors (Lipinski definition) is 2. The van der Waals surface area contributed by atoms with E-state index < -0.39 is 21.6 Å². The monoisotopic (exact) mass is 333 g/mol. The summed E-state index contributed by atoms with van der Waals surface area (Å²) in [4.78, 5) is 0. The van der Waals surface area contributed by atoms with Crippen LogP contribution in [0.2, 0.25) is 10.0 Å². The fraction of sp³-hybridized carbons (Fsp3) is 0.0769. The average Bonchev–Trinajstić information content (AvgIpc) is 2.37. The van der Waals surface area contributed by atoms with E-state index in [1.54, 1.807) is 18.2 Å². The lowest BCUT2D eigenvalue weighted by atomic mass is 10.2. The maximum Gasteiger partial charge on any atom is 0.237 e. The van der Waals surface area contributed by atoms with Crippen molar-refractivity contribution in [2.24, 2.45) is 0 Å². The second-order valence-electron chi connectivity index (χ2n) is 4.04. The fourth-order valence-electron chi connectivity index (χ4n) is 1.61. The van der Waals surface area contributed by atoms with Crippen molar-refractivity contribution in [2.75, 3.05) is 4.72 Å². The minimum atomic E-state index is -3.81. The van der Waals surface area contributed by atoms with Crippen LogP contribution in [0.3, 0.4) is 0 Å². The van der Waals surface area contributed by atoms with Crippen LogP contribution in [0.15, 0.2) is 42.5 Å². The molecule has 106 valence electrons. The summed E-state index contributed by atoms with van der Waals surface area (Å²) in [6.07, 6.45) is 0. The third-order valence-corrected chi connectivity index (χ3v) is 4.44. The Morgan fingerprint density at radius 2 is 1.60 bits per heavy atom. The van der Waals surface area contributed by atoms with Gasteiger partial charge >= 0.3 is 0 Å². The Morgan fingerprint density at radius 1 is 1.00 bits per heavy atom. The van der Waals surface area contributed by atoms with Crippen LogP contribution in [0.25, 0.3) is 0 Å². The summed E-state index contributed by atoms with van der Waals surface area (Å²) in [7, 11) is -3.81. The molecule has 0 aliphatic rings. The standard InChI is InChI=1S/C13H10Cl2FNO2S/c14-10-4-3-5-11(15)9(10)8-20(18,19)17-13-7-2-1-6-12(13)16/h1-7,17H,8H2. The molecule has 0 atom stereocenters. The van der Waals surface area contributed by atoms with Crippen LogP contribution in [0.1, 0.15) is 5.56 Å². The number of anilines is 1. The van der Waals surface area contributed by atoms with Crippen molar-refractivity contribution in [1.82, 2.24) is 0 Å². The van der Waals surface area contributed by atoms with Crippen LogP contribution in [-0.2, 0) is 15.8 Å². The third kappa shape index (κ3) is 3.62. The van der Waals surface area contributed by atoms with E-state index in [1.165, 1.54) is 24.3 Å². The lowest BCUT2D eigenvalue weighted by Crippen LogP contribution is -2.16. The molecule has 0 radical (unpaired) electrons. The fourth-order valence-corrected chi connectivity index (χ4v) is 3.56. The van der Waals surface area contributed by atoms with Gasteiger partial charge in [0.05, 0.1) is 11.4 Å². The number of benzene rings is 2. The van der Waals surface area contributed by atoms with Crippen molar-refractivity contribution in [3.05, 3.63) is 63.9 Å². The van der Waals surface area contributed by atoms with Gasteiger partial charge in [0.25, 0.3) is 0 Å². The largest absolute Gasteiger partial charge is 0.280 e. The van der Waals surface area contributed by atoms with Gasteiger partial charge in [-0.25, -0.2) is 12.8 Å². The van der Waals surface area contributed by atoms with E-state index in [-0.39, 0.29) is 21.3 Å². The summed E-state index contributed by atoms with van der Waals surface area (Å²) in [5.41, 5.74) is 0.162. The van der Waals surface area contributed by atoms with Crippen LogP contribution in [0.5, 0.6) is 0 Å². The Hall–Kier alpha value is -1.30. The van der Waals surface area contributed by atoms with Crippen LogP contribution in [0.4, 0.5) is 10.1 Å². The molecule has 0 saturated carbocycles. The molecule has 0 fully saturated rings. The molecule has 7 heteroatoms. The first kappa shape index (κ1) is 15.1. The molecule has 1 N–H and O–H groups in total. The Kier molecular flexibility index (Phi) is 4.52. The molecule has 3 nitrogen and oxygen atoms in total. The van der Waals surface area contributed by atoms with Crippen molar-refractivity contribution < 1.29 is 12.8 Å². The predicted molar refractivity (Wildman–Crippen MR) is 79.1 cm³/mol. The average molecular weight is 334 g/mol. The first-order valence-corrected chi connectivity index (χ1v) is 7.98. The highest BCUT2D eigenvalue weighted by Gasteiger charge is 2.17. The molecule has 0 heterocycles. The molecule has 20 heavy (non-hydrogen) atoms. The number of sulfonamides is 1. The molecule has 0 amide bonds. The maximum atomic E-state index is 13.4. The molecule has 2 rings (SSSR count). The third-order valence-electron chi connectivity index (χ3n) is 2.54. The second kappa shape index (κ2) is 5.99. The van der Waals surface area contributed by atoms with Gasteiger partial charge in [-0.05, 0) is 24.3 Å². The van der Waals surface area contributed by atoms with Crippen molar-refractivity contribution in [3.63, 3.8) is 0 Å². The van der Waals surface area contributed by atoms with E-state index >= 15 is 0 Å². The van der Waals surface area contributed by atoms with E-state index in [1.807, 2.05) is 0 Å². The minimum Gasteiger partial charge on any atom is -0.280 e. The van der Waals surface area contributed by atoms with E-state index in [0.29, 0.717) is 0 Å². The Labute approximate surface area is 126 Å². The van der Waals surface area contributed by atoms with Crippen LogP contribution < -0.4 is 4.72 Å². The van der Waals surface area contributed by atoms with Gasteiger partial charge in [0.15, 0.2) is 0 Å². The summed E-state index contributed by atoms with van der Waals surface area (Å²) >= 11 is 11.8. The Morgan fingerprint density at radius 3 is 2.20 bits per heavy atom. The minimum absolute atomic E-state index is 0.115. The lowest BCUT2D eigenvalue weighted by Gasteiger charge is -2.11. The summed E-state index contributed by atoms with van der Waals surface area (Å²) in [5.74, 6) is -1.08. The zero-order valence-corrected chi connectivity index (χ0v) is 12.4. The Bertz CT molecular complexity index is 715. The first-order valence-electron chi connectivity index (χ1n) is 5.57. The van der Waals surface area contributed by atoms with E-state index in [9.17, 15) is 12.8 Å². The molecule has 0 aromatic heterocycles. The number of rotatable bonds is 4. The number of nitrogens with one attached hydrogen (secondary N) is 1. The van der Waals surface area contributed by atoms with Crippen LogP contribution >= 0.6 is 23.2 Å². The number of halogens is 3. The quantitative estimate of drug-likeness (QED) is 0.916. The van der Waals surface area contributed by atoms with Crippen molar-refractivity contribution in [2.45, 2.75) is 5.75 Å². The van der Waals surface area contributed by atoms with Crippen molar-refractivity contribution in [1.29, 1.82) is 0 Å². The smallest absolute Gasteiger partial charge is 0.237 e. The van der Waals surface area contributed by atoms with Gasteiger partial charge in [-0.2, -0.15) is 0 Å². The number of hydrogen-bond donors (Lipinski definition) is 1.